The van der Waals surface area contributed by atoms with Gasteiger partial charge in [0.25, 0.3) is 0 Å². The molecule has 0 saturated heterocycles. The van der Waals surface area contributed by atoms with Crippen molar-refractivity contribution in [2.45, 2.75) is 13.8 Å². The van der Waals surface area contributed by atoms with Crippen LogP contribution in [0.25, 0.3) is 32.3 Å². The number of carbonyl (C=O) groups excluding carboxylic acids is 1. The number of carbonyl (C=O) groups is 1. The van der Waals surface area contributed by atoms with Gasteiger partial charge in [0.15, 0.2) is 5.78 Å². The first-order chi connectivity index (χ1) is 13.6. The van der Waals surface area contributed by atoms with Crippen LogP contribution in [0.3, 0.4) is 0 Å². The summed E-state index contributed by atoms with van der Waals surface area (Å²) in [7, 11) is -3.73. The molecule has 0 bridgehead atoms. The van der Waals surface area contributed by atoms with Crippen molar-refractivity contribution in [3.8, 4) is 0 Å². The normalized spacial score (nSPS) is 12.4. The van der Waals surface area contributed by atoms with Crippen molar-refractivity contribution in [1.29, 1.82) is 0 Å². The Balaban J connectivity index is 1.74. The van der Waals surface area contributed by atoms with Crippen LogP contribution in [-0.2, 0) is 18.1 Å². The van der Waals surface area contributed by atoms with Crippen molar-refractivity contribution in [2.24, 2.45) is 0 Å². The number of hydrogen-bond donors (Lipinski definition) is 0. The van der Waals surface area contributed by atoms with Gasteiger partial charge in [0.1, 0.15) is 6.61 Å². The highest BCUT2D eigenvalue weighted by atomic mass is 31.2. The second-order valence-corrected chi connectivity index (χ2v) is 8.12. The summed E-state index contributed by atoms with van der Waals surface area (Å²) in [5.41, 5.74) is 0.533. The highest BCUT2D eigenvalue weighted by Crippen LogP contribution is 2.49. The van der Waals surface area contributed by atoms with Gasteiger partial charge in [-0.1, -0.05) is 54.6 Å². The van der Waals surface area contributed by atoms with Gasteiger partial charge in [-0.3, -0.25) is 18.4 Å². The maximum absolute atomic E-state index is 12.9. The van der Waals surface area contributed by atoms with Crippen molar-refractivity contribution in [3.63, 3.8) is 0 Å². The molecule has 0 heterocycles. The Kier molecular flexibility index (Phi) is 5.17. The SMILES string of the molecule is CCOP(=O)(OCC)OCC(=O)c1ccc2ccc3cccc4ccc1c2c34. The van der Waals surface area contributed by atoms with Crippen LogP contribution >= 0.6 is 7.82 Å². The molecule has 0 amide bonds. The van der Waals surface area contributed by atoms with Crippen molar-refractivity contribution >= 4 is 45.9 Å². The summed E-state index contributed by atoms with van der Waals surface area (Å²) in [5.74, 6) is -0.266. The Labute approximate surface area is 163 Å². The molecule has 0 unspecified atom stereocenters. The summed E-state index contributed by atoms with van der Waals surface area (Å²) >= 11 is 0. The third kappa shape index (κ3) is 3.31. The van der Waals surface area contributed by atoms with Gasteiger partial charge in [-0.05, 0) is 46.2 Å². The Bertz CT molecular complexity index is 1170. The molecule has 6 heteroatoms. The topological polar surface area (TPSA) is 61.8 Å². The van der Waals surface area contributed by atoms with Crippen LogP contribution < -0.4 is 0 Å². The molecule has 4 aromatic rings. The van der Waals surface area contributed by atoms with Crippen molar-refractivity contribution < 1.29 is 22.9 Å². The molecule has 0 N–H and O–H groups in total. The average Bonchev–Trinajstić information content (AvgIpc) is 2.70. The number of Topliss-reactive ketones (excluding diaryl/α,β-unsaturated/α-hetero) is 1. The molecule has 0 aliphatic heterocycles. The molecule has 0 aliphatic rings. The van der Waals surface area contributed by atoms with Crippen molar-refractivity contribution in [2.75, 3.05) is 19.8 Å². The number of phosphoric acid groups is 1. The highest BCUT2D eigenvalue weighted by Gasteiger charge is 2.27. The molecule has 0 radical (unpaired) electrons. The predicted octanol–water partition coefficient (Wildman–Crippen LogP) is 5.96. The molecule has 0 spiro atoms. The minimum Gasteiger partial charge on any atom is -0.292 e. The average molecular weight is 396 g/mol. The third-order valence-electron chi connectivity index (χ3n) is 4.76. The summed E-state index contributed by atoms with van der Waals surface area (Å²) in [6, 6.07) is 18.0. The fraction of sp³-hybridized carbons (Fsp3) is 0.227. The van der Waals surface area contributed by atoms with E-state index in [1.54, 1.807) is 19.9 Å². The first kappa shape index (κ1) is 19.0. The summed E-state index contributed by atoms with van der Waals surface area (Å²) in [4.78, 5) is 12.9. The van der Waals surface area contributed by atoms with Crippen LogP contribution in [0, 0.1) is 0 Å². The van der Waals surface area contributed by atoms with Gasteiger partial charge < -0.3 is 0 Å². The highest BCUT2D eigenvalue weighted by molar-refractivity contribution is 7.48. The smallest absolute Gasteiger partial charge is 0.292 e. The van der Waals surface area contributed by atoms with Crippen molar-refractivity contribution in [3.05, 3.63) is 60.2 Å². The van der Waals surface area contributed by atoms with Crippen LogP contribution in [0.2, 0.25) is 0 Å². The number of benzene rings is 4. The molecule has 4 rings (SSSR count). The molecule has 0 fully saturated rings. The van der Waals surface area contributed by atoms with Crippen LogP contribution in [0.4, 0.5) is 0 Å². The number of hydrogen-bond acceptors (Lipinski definition) is 5. The lowest BCUT2D eigenvalue weighted by atomic mass is 9.91. The lowest BCUT2D eigenvalue weighted by molar-refractivity contribution is 0.0817. The second-order valence-electron chi connectivity index (χ2n) is 6.45. The monoisotopic (exact) mass is 396 g/mol. The van der Waals surface area contributed by atoms with E-state index in [9.17, 15) is 9.36 Å². The fourth-order valence-corrected chi connectivity index (χ4v) is 4.75. The summed E-state index contributed by atoms with van der Waals surface area (Å²) in [5, 5.41) is 6.40. The molecular weight excluding hydrogens is 375 g/mol. The van der Waals surface area contributed by atoms with Gasteiger partial charge in [0.2, 0.25) is 0 Å². The zero-order valence-electron chi connectivity index (χ0n) is 15.8. The summed E-state index contributed by atoms with van der Waals surface area (Å²) in [6.45, 7) is 3.35. The van der Waals surface area contributed by atoms with Gasteiger partial charge in [0, 0.05) is 5.56 Å². The number of phosphoric ester groups is 1. The second kappa shape index (κ2) is 7.61. The lowest BCUT2D eigenvalue weighted by Crippen LogP contribution is -2.11. The minimum absolute atomic E-state index is 0.171. The van der Waals surface area contributed by atoms with Gasteiger partial charge in [-0.15, -0.1) is 0 Å². The van der Waals surface area contributed by atoms with Crippen LogP contribution in [0.15, 0.2) is 54.6 Å². The Morgan fingerprint density at radius 2 is 1.36 bits per heavy atom. The van der Waals surface area contributed by atoms with Gasteiger partial charge >= 0.3 is 7.82 Å². The van der Waals surface area contributed by atoms with E-state index < -0.39 is 7.82 Å². The minimum atomic E-state index is -3.73. The zero-order valence-corrected chi connectivity index (χ0v) is 16.7. The van der Waals surface area contributed by atoms with E-state index in [0.29, 0.717) is 5.56 Å². The van der Waals surface area contributed by atoms with Gasteiger partial charge in [-0.2, -0.15) is 0 Å². The predicted molar refractivity (Wildman–Crippen MR) is 111 cm³/mol. The standard InChI is InChI=1S/C22H21O5P/c1-3-25-28(24,26-4-2)27-14-20(23)18-12-10-17-9-8-15-6-5-7-16-11-13-19(18)22(17)21(15)16/h5-13H,3-4,14H2,1-2H3. The molecular formula is C22H21O5P. The van der Waals surface area contributed by atoms with E-state index in [4.69, 9.17) is 13.6 Å². The Morgan fingerprint density at radius 1 is 0.786 bits per heavy atom. The first-order valence-corrected chi connectivity index (χ1v) is 10.8. The molecule has 0 saturated carbocycles. The quantitative estimate of drug-likeness (QED) is 0.209. The van der Waals surface area contributed by atoms with Crippen molar-refractivity contribution in [1.82, 2.24) is 0 Å². The third-order valence-corrected chi connectivity index (χ3v) is 6.35. The van der Waals surface area contributed by atoms with E-state index in [-0.39, 0.29) is 25.6 Å². The van der Waals surface area contributed by atoms with Crippen LogP contribution in [0.1, 0.15) is 24.2 Å². The van der Waals surface area contributed by atoms with E-state index in [1.807, 2.05) is 24.3 Å². The van der Waals surface area contributed by atoms with Gasteiger partial charge in [-0.25, -0.2) is 4.57 Å². The Morgan fingerprint density at radius 3 is 2.00 bits per heavy atom. The number of ketones is 1. The van der Waals surface area contributed by atoms with E-state index in [0.717, 1.165) is 32.3 Å². The molecule has 0 atom stereocenters. The summed E-state index contributed by atoms with van der Waals surface area (Å²) < 4.78 is 27.9. The molecule has 144 valence electrons. The molecule has 28 heavy (non-hydrogen) atoms. The summed E-state index contributed by atoms with van der Waals surface area (Å²) in [6.07, 6.45) is 0. The maximum Gasteiger partial charge on any atom is 0.475 e. The molecule has 0 aliphatic carbocycles. The van der Waals surface area contributed by atoms with Crippen LogP contribution in [-0.4, -0.2) is 25.6 Å². The zero-order chi connectivity index (χ0) is 19.7. The molecule has 0 aromatic heterocycles. The largest absolute Gasteiger partial charge is 0.475 e. The first-order valence-electron chi connectivity index (χ1n) is 9.29. The fourth-order valence-electron chi connectivity index (χ4n) is 3.62. The maximum atomic E-state index is 12.9. The van der Waals surface area contributed by atoms with E-state index in [2.05, 4.69) is 24.3 Å². The number of rotatable bonds is 8. The van der Waals surface area contributed by atoms with E-state index >= 15 is 0 Å². The van der Waals surface area contributed by atoms with Gasteiger partial charge in [0.05, 0.1) is 13.2 Å². The Hall–Kier alpha value is -2.30. The molecule has 4 aromatic carbocycles. The van der Waals surface area contributed by atoms with Crippen LogP contribution in [0.5, 0.6) is 0 Å². The lowest BCUT2D eigenvalue weighted by Gasteiger charge is -2.17. The molecule has 5 nitrogen and oxygen atoms in total. The van der Waals surface area contributed by atoms with E-state index in [1.165, 1.54) is 0 Å².